The molecule has 1 aromatic heterocycles. The molecule has 0 saturated carbocycles. The molecule has 5 nitrogen and oxygen atoms in total. The number of aromatic nitrogens is 1. The fraction of sp³-hybridized carbons (Fsp3) is 0.450. The molecule has 0 bridgehead atoms. The summed E-state index contributed by atoms with van der Waals surface area (Å²) in [7, 11) is 1.66. The van der Waals surface area contributed by atoms with E-state index in [4.69, 9.17) is 14.2 Å². The summed E-state index contributed by atoms with van der Waals surface area (Å²) in [5.41, 5.74) is 2.19. The van der Waals surface area contributed by atoms with Gasteiger partial charge in [0.2, 0.25) is 0 Å². The Morgan fingerprint density at radius 2 is 2.20 bits per heavy atom. The van der Waals surface area contributed by atoms with E-state index in [1.54, 1.807) is 19.5 Å². The van der Waals surface area contributed by atoms with E-state index in [2.05, 4.69) is 23.3 Å². The largest absolute Gasteiger partial charge is 0.493 e. The molecule has 1 saturated heterocycles. The molecule has 1 fully saturated rings. The molecule has 134 valence electrons. The third kappa shape index (κ3) is 4.94. The maximum Gasteiger partial charge on any atom is 0.161 e. The summed E-state index contributed by atoms with van der Waals surface area (Å²) >= 11 is 0. The summed E-state index contributed by atoms with van der Waals surface area (Å²) in [5.74, 6) is 1.48. The summed E-state index contributed by atoms with van der Waals surface area (Å²) in [5, 5.41) is 3.55. The van der Waals surface area contributed by atoms with Crippen molar-refractivity contribution in [3.8, 4) is 11.5 Å². The van der Waals surface area contributed by atoms with Gasteiger partial charge in [0.05, 0.1) is 13.2 Å². The number of nitrogens with one attached hydrogen (secondary N) is 1. The standard InChI is InChI=1S/C20H26N2O3/c1-15(18-6-4-10-24-18)22-13-16-7-8-19(23-2)20(11-16)25-14-17-5-3-9-21-12-17/h3,5,7-9,11-12,15,18,22H,4,6,10,13-14H2,1-2H3. The lowest BCUT2D eigenvalue weighted by atomic mass is 10.1. The van der Waals surface area contributed by atoms with Crippen molar-refractivity contribution in [2.24, 2.45) is 0 Å². The average Bonchev–Trinajstić information content (AvgIpc) is 3.20. The zero-order valence-electron chi connectivity index (χ0n) is 14.9. The third-order valence-corrected chi connectivity index (χ3v) is 4.50. The van der Waals surface area contributed by atoms with Gasteiger partial charge in [0.25, 0.3) is 0 Å². The molecule has 25 heavy (non-hydrogen) atoms. The molecule has 2 aromatic rings. The van der Waals surface area contributed by atoms with Gasteiger partial charge in [0.15, 0.2) is 11.5 Å². The molecule has 1 N–H and O–H groups in total. The van der Waals surface area contributed by atoms with Crippen LogP contribution in [0.2, 0.25) is 0 Å². The highest BCUT2D eigenvalue weighted by atomic mass is 16.5. The van der Waals surface area contributed by atoms with Crippen LogP contribution in [0.1, 0.15) is 30.9 Å². The molecule has 1 aromatic carbocycles. The lowest BCUT2D eigenvalue weighted by Crippen LogP contribution is -2.36. The lowest BCUT2D eigenvalue weighted by Gasteiger charge is -2.20. The fourth-order valence-corrected chi connectivity index (χ4v) is 3.00. The highest BCUT2D eigenvalue weighted by molar-refractivity contribution is 5.43. The number of methoxy groups -OCH3 is 1. The van der Waals surface area contributed by atoms with E-state index in [1.807, 2.05) is 24.3 Å². The third-order valence-electron chi connectivity index (χ3n) is 4.50. The van der Waals surface area contributed by atoms with Crippen LogP contribution in [-0.4, -0.2) is 30.8 Å². The molecule has 0 radical (unpaired) electrons. The monoisotopic (exact) mass is 342 g/mol. The first kappa shape index (κ1) is 17.7. The molecule has 1 aliphatic heterocycles. The van der Waals surface area contributed by atoms with E-state index in [0.717, 1.165) is 48.6 Å². The Morgan fingerprint density at radius 3 is 2.92 bits per heavy atom. The van der Waals surface area contributed by atoms with Crippen LogP contribution in [0.5, 0.6) is 11.5 Å². The van der Waals surface area contributed by atoms with Crippen molar-refractivity contribution in [1.82, 2.24) is 10.3 Å². The van der Waals surface area contributed by atoms with Crippen LogP contribution in [0.15, 0.2) is 42.7 Å². The number of nitrogens with zero attached hydrogens (tertiary/aromatic N) is 1. The first-order chi connectivity index (χ1) is 12.3. The molecule has 0 aliphatic carbocycles. The van der Waals surface area contributed by atoms with E-state index >= 15 is 0 Å². The van der Waals surface area contributed by atoms with Crippen LogP contribution in [0, 0.1) is 0 Å². The minimum Gasteiger partial charge on any atom is -0.493 e. The smallest absolute Gasteiger partial charge is 0.161 e. The van der Waals surface area contributed by atoms with Crippen molar-refractivity contribution < 1.29 is 14.2 Å². The van der Waals surface area contributed by atoms with Crippen LogP contribution >= 0.6 is 0 Å². The maximum absolute atomic E-state index is 5.94. The quantitative estimate of drug-likeness (QED) is 0.797. The first-order valence-electron chi connectivity index (χ1n) is 8.80. The minimum atomic E-state index is 0.319. The second kappa shape index (κ2) is 8.83. The Bertz CT molecular complexity index is 657. The van der Waals surface area contributed by atoms with Crippen molar-refractivity contribution in [3.05, 3.63) is 53.9 Å². The van der Waals surface area contributed by atoms with Crippen LogP contribution in [0.4, 0.5) is 0 Å². The number of rotatable bonds is 8. The number of benzene rings is 1. The molecule has 2 atom stereocenters. The number of ether oxygens (including phenoxy) is 3. The van der Waals surface area contributed by atoms with Gasteiger partial charge in [-0.25, -0.2) is 0 Å². The van der Waals surface area contributed by atoms with E-state index in [9.17, 15) is 0 Å². The van der Waals surface area contributed by atoms with Gasteiger partial charge < -0.3 is 19.5 Å². The van der Waals surface area contributed by atoms with Gasteiger partial charge in [0, 0.05) is 37.2 Å². The van der Waals surface area contributed by atoms with E-state index in [-0.39, 0.29) is 0 Å². The summed E-state index contributed by atoms with van der Waals surface area (Å²) in [4.78, 5) is 4.11. The summed E-state index contributed by atoms with van der Waals surface area (Å²) in [6.07, 6.45) is 6.17. The second-order valence-electron chi connectivity index (χ2n) is 6.36. The van der Waals surface area contributed by atoms with Crippen molar-refractivity contribution in [2.45, 2.75) is 45.1 Å². The molecule has 2 unspecified atom stereocenters. The molecule has 3 rings (SSSR count). The number of hydrogen-bond acceptors (Lipinski definition) is 5. The SMILES string of the molecule is COc1ccc(CNC(C)C2CCCO2)cc1OCc1cccnc1. The number of hydrogen-bond donors (Lipinski definition) is 1. The Kier molecular flexibility index (Phi) is 6.25. The van der Waals surface area contributed by atoms with Gasteiger partial charge in [-0.05, 0) is 43.5 Å². The molecular formula is C20H26N2O3. The fourth-order valence-electron chi connectivity index (χ4n) is 3.00. The van der Waals surface area contributed by atoms with Gasteiger partial charge in [0.1, 0.15) is 6.61 Å². The van der Waals surface area contributed by atoms with Crippen LogP contribution in [0.3, 0.4) is 0 Å². The molecule has 0 amide bonds. The van der Waals surface area contributed by atoms with Crippen molar-refractivity contribution in [3.63, 3.8) is 0 Å². The van der Waals surface area contributed by atoms with E-state index < -0.39 is 0 Å². The topological polar surface area (TPSA) is 52.6 Å². The van der Waals surface area contributed by atoms with Crippen molar-refractivity contribution in [2.75, 3.05) is 13.7 Å². The van der Waals surface area contributed by atoms with Crippen molar-refractivity contribution in [1.29, 1.82) is 0 Å². The summed E-state index contributed by atoms with van der Waals surface area (Å²) in [6.45, 7) is 4.30. The second-order valence-corrected chi connectivity index (χ2v) is 6.36. The Morgan fingerprint density at radius 1 is 1.28 bits per heavy atom. The van der Waals surface area contributed by atoms with E-state index in [0.29, 0.717) is 18.8 Å². The molecular weight excluding hydrogens is 316 g/mol. The summed E-state index contributed by atoms with van der Waals surface area (Å²) in [6, 6.07) is 10.3. The highest BCUT2D eigenvalue weighted by Crippen LogP contribution is 2.29. The van der Waals surface area contributed by atoms with Gasteiger partial charge in [-0.15, -0.1) is 0 Å². The Hall–Kier alpha value is -2.11. The lowest BCUT2D eigenvalue weighted by molar-refractivity contribution is 0.0832. The molecule has 0 spiro atoms. The van der Waals surface area contributed by atoms with Gasteiger partial charge >= 0.3 is 0 Å². The molecule has 5 heteroatoms. The zero-order chi connectivity index (χ0) is 17.5. The molecule has 2 heterocycles. The zero-order valence-corrected chi connectivity index (χ0v) is 14.9. The van der Waals surface area contributed by atoms with Crippen LogP contribution in [0.25, 0.3) is 0 Å². The van der Waals surface area contributed by atoms with Crippen LogP contribution < -0.4 is 14.8 Å². The van der Waals surface area contributed by atoms with Gasteiger partial charge in [-0.1, -0.05) is 12.1 Å². The maximum atomic E-state index is 5.94. The van der Waals surface area contributed by atoms with Crippen molar-refractivity contribution >= 4 is 0 Å². The average molecular weight is 342 g/mol. The predicted octanol–water partition coefficient (Wildman–Crippen LogP) is 3.33. The van der Waals surface area contributed by atoms with Gasteiger partial charge in [-0.2, -0.15) is 0 Å². The normalized spacial score (nSPS) is 18.1. The Labute approximate surface area is 149 Å². The predicted molar refractivity (Wildman–Crippen MR) is 96.8 cm³/mol. The Balaban J connectivity index is 1.60. The highest BCUT2D eigenvalue weighted by Gasteiger charge is 2.21. The summed E-state index contributed by atoms with van der Waals surface area (Å²) < 4.78 is 17.1. The first-order valence-corrected chi connectivity index (χ1v) is 8.80. The number of pyridine rings is 1. The van der Waals surface area contributed by atoms with E-state index in [1.165, 1.54) is 0 Å². The molecule has 1 aliphatic rings. The minimum absolute atomic E-state index is 0.319. The van der Waals surface area contributed by atoms with Crippen LogP contribution in [-0.2, 0) is 17.9 Å². The van der Waals surface area contributed by atoms with Gasteiger partial charge in [-0.3, -0.25) is 4.98 Å².